The summed E-state index contributed by atoms with van der Waals surface area (Å²) in [7, 11) is 1.29. The van der Waals surface area contributed by atoms with Crippen molar-refractivity contribution in [3.05, 3.63) is 0 Å². The van der Waals surface area contributed by atoms with Crippen LogP contribution in [0.5, 0.6) is 0 Å². The van der Waals surface area contributed by atoms with Gasteiger partial charge in [-0.1, -0.05) is 0 Å². The summed E-state index contributed by atoms with van der Waals surface area (Å²) in [6.45, 7) is -0.497. The van der Waals surface area contributed by atoms with Crippen molar-refractivity contribution >= 4 is 36.4 Å². The Balaban J connectivity index is 4.42. The van der Waals surface area contributed by atoms with Crippen molar-refractivity contribution in [2.24, 2.45) is 5.73 Å². The third-order valence-corrected chi connectivity index (χ3v) is 2.93. The van der Waals surface area contributed by atoms with Crippen molar-refractivity contribution in [1.29, 1.82) is 0 Å². The van der Waals surface area contributed by atoms with Gasteiger partial charge in [0.2, 0.25) is 11.8 Å². The molecular formula is C11H19N3O6S. The minimum absolute atomic E-state index is 0.0144. The van der Waals surface area contributed by atoms with E-state index in [9.17, 15) is 19.2 Å². The smallest absolute Gasteiger partial charge is 0.323 e. The molecular weight excluding hydrogens is 302 g/mol. The van der Waals surface area contributed by atoms with Gasteiger partial charge in [0.05, 0.1) is 0 Å². The molecule has 0 aliphatic rings. The van der Waals surface area contributed by atoms with Crippen LogP contribution >= 0.6 is 12.6 Å². The number of carbonyl (C=O) groups is 4. The van der Waals surface area contributed by atoms with E-state index in [1.807, 2.05) is 0 Å². The predicted octanol–water partition coefficient (Wildman–Crippen LogP) is -1.86. The van der Waals surface area contributed by atoms with E-state index in [-0.39, 0.29) is 18.6 Å². The van der Waals surface area contributed by atoms with Crippen molar-refractivity contribution in [3.63, 3.8) is 0 Å². The van der Waals surface area contributed by atoms with E-state index in [0.717, 1.165) is 4.90 Å². The zero-order valence-electron chi connectivity index (χ0n) is 11.5. The van der Waals surface area contributed by atoms with E-state index in [0.29, 0.717) is 0 Å². The molecule has 5 N–H and O–H groups in total. The number of nitrogens with one attached hydrogen (secondary N) is 1. The first kappa shape index (κ1) is 19.2. The normalized spacial score (nSPS) is 13.1. The van der Waals surface area contributed by atoms with Crippen molar-refractivity contribution in [2.75, 3.05) is 19.3 Å². The number of aliphatic carboxylic acids is 2. The van der Waals surface area contributed by atoms with Gasteiger partial charge < -0.3 is 26.2 Å². The molecule has 21 heavy (non-hydrogen) atoms. The molecule has 0 saturated heterocycles. The zero-order chi connectivity index (χ0) is 16.6. The summed E-state index contributed by atoms with van der Waals surface area (Å²) in [6, 6.07) is -2.14. The lowest BCUT2D eigenvalue weighted by molar-refractivity contribution is -0.144. The molecule has 2 amide bonds. The molecule has 0 fully saturated rings. The Kier molecular flexibility index (Phi) is 8.39. The Morgan fingerprint density at radius 1 is 1.29 bits per heavy atom. The van der Waals surface area contributed by atoms with E-state index >= 15 is 0 Å². The monoisotopic (exact) mass is 321 g/mol. The van der Waals surface area contributed by atoms with Gasteiger partial charge in [-0.05, 0) is 6.42 Å². The van der Waals surface area contributed by atoms with Gasteiger partial charge in [-0.25, -0.2) is 0 Å². The molecule has 0 aromatic carbocycles. The maximum Gasteiger partial charge on any atom is 0.323 e. The standard InChI is InChI=1S/C11H19N3O6S/c1-14(4-9(16)17)10(18)7(5-21)13-8(15)3-2-6(12)11(19)20/h6-7,21H,2-5,12H2,1H3,(H,13,15)(H,16,17)(H,19,20)/t6-,7+/m0/s1. The summed E-state index contributed by atoms with van der Waals surface area (Å²) < 4.78 is 0. The van der Waals surface area contributed by atoms with E-state index in [4.69, 9.17) is 15.9 Å². The number of nitrogens with two attached hydrogens (primary N) is 1. The van der Waals surface area contributed by atoms with Gasteiger partial charge in [-0.3, -0.25) is 19.2 Å². The number of carbonyl (C=O) groups excluding carboxylic acids is 2. The zero-order valence-corrected chi connectivity index (χ0v) is 12.4. The number of likely N-dealkylation sites (N-methyl/N-ethyl adjacent to an activating group) is 1. The lowest BCUT2D eigenvalue weighted by Gasteiger charge is -2.22. The number of rotatable bonds is 9. The molecule has 2 atom stereocenters. The van der Waals surface area contributed by atoms with Crippen LogP contribution in [0, 0.1) is 0 Å². The molecule has 0 spiro atoms. The van der Waals surface area contributed by atoms with Gasteiger partial charge in [0.1, 0.15) is 18.6 Å². The highest BCUT2D eigenvalue weighted by molar-refractivity contribution is 7.80. The van der Waals surface area contributed by atoms with Gasteiger partial charge >= 0.3 is 11.9 Å². The van der Waals surface area contributed by atoms with Crippen LogP contribution in [-0.2, 0) is 19.2 Å². The molecule has 0 heterocycles. The van der Waals surface area contributed by atoms with E-state index in [1.165, 1.54) is 7.05 Å². The van der Waals surface area contributed by atoms with Gasteiger partial charge in [0, 0.05) is 19.2 Å². The highest BCUT2D eigenvalue weighted by Crippen LogP contribution is 2.00. The maximum atomic E-state index is 11.9. The second-order valence-corrected chi connectivity index (χ2v) is 4.74. The quantitative estimate of drug-likeness (QED) is 0.312. The number of amides is 2. The second-order valence-electron chi connectivity index (χ2n) is 4.37. The SMILES string of the molecule is CN(CC(=O)O)C(=O)[C@@H](CS)NC(=O)CC[C@H](N)C(=O)O. The maximum absolute atomic E-state index is 11.9. The van der Waals surface area contributed by atoms with Gasteiger partial charge in [-0.2, -0.15) is 12.6 Å². The van der Waals surface area contributed by atoms with Crippen LogP contribution in [0.2, 0.25) is 0 Å². The minimum Gasteiger partial charge on any atom is -0.480 e. The number of carboxylic acids is 2. The lowest BCUT2D eigenvalue weighted by atomic mass is 10.1. The first-order valence-electron chi connectivity index (χ1n) is 6.04. The Morgan fingerprint density at radius 3 is 2.29 bits per heavy atom. The predicted molar refractivity (Wildman–Crippen MR) is 75.9 cm³/mol. The first-order valence-corrected chi connectivity index (χ1v) is 6.67. The number of nitrogens with zero attached hydrogens (tertiary/aromatic N) is 1. The Morgan fingerprint density at radius 2 is 1.86 bits per heavy atom. The molecule has 0 unspecified atom stereocenters. The second kappa shape index (κ2) is 9.19. The number of hydrogen-bond acceptors (Lipinski definition) is 6. The van der Waals surface area contributed by atoms with Crippen LogP contribution < -0.4 is 11.1 Å². The van der Waals surface area contributed by atoms with Crippen LogP contribution in [0.15, 0.2) is 0 Å². The summed E-state index contributed by atoms with van der Waals surface area (Å²) in [5.74, 6) is -3.56. The largest absolute Gasteiger partial charge is 0.480 e. The Bertz CT molecular complexity index is 417. The fourth-order valence-corrected chi connectivity index (χ4v) is 1.66. The van der Waals surface area contributed by atoms with Crippen molar-refractivity contribution in [1.82, 2.24) is 10.2 Å². The fraction of sp³-hybridized carbons (Fsp3) is 0.636. The summed E-state index contributed by atoms with van der Waals surface area (Å²) in [5, 5.41) is 19.5. The molecule has 9 nitrogen and oxygen atoms in total. The van der Waals surface area contributed by atoms with Crippen molar-refractivity contribution in [3.8, 4) is 0 Å². The molecule has 0 aliphatic carbocycles. The third-order valence-electron chi connectivity index (χ3n) is 2.56. The van der Waals surface area contributed by atoms with Crippen LogP contribution in [0.4, 0.5) is 0 Å². The van der Waals surface area contributed by atoms with Crippen LogP contribution in [0.3, 0.4) is 0 Å². The molecule has 0 saturated carbocycles. The third kappa shape index (κ3) is 7.51. The molecule has 10 heteroatoms. The molecule has 0 aliphatic heterocycles. The van der Waals surface area contributed by atoms with Gasteiger partial charge in [-0.15, -0.1) is 0 Å². The van der Waals surface area contributed by atoms with E-state index in [2.05, 4.69) is 17.9 Å². The molecule has 0 aromatic heterocycles. The fourth-order valence-electron chi connectivity index (χ4n) is 1.41. The van der Waals surface area contributed by atoms with Gasteiger partial charge in [0.25, 0.3) is 0 Å². The topological polar surface area (TPSA) is 150 Å². The summed E-state index contributed by atoms with van der Waals surface area (Å²) >= 11 is 3.93. The van der Waals surface area contributed by atoms with Crippen LogP contribution in [-0.4, -0.2) is 70.3 Å². The van der Waals surface area contributed by atoms with Gasteiger partial charge in [0.15, 0.2) is 0 Å². The van der Waals surface area contributed by atoms with Crippen LogP contribution in [0.25, 0.3) is 0 Å². The summed E-state index contributed by atoms with van der Waals surface area (Å²) in [4.78, 5) is 45.5. The number of carboxylic acid groups (broad SMARTS) is 2. The first-order chi connectivity index (χ1) is 9.68. The highest BCUT2D eigenvalue weighted by Gasteiger charge is 2.24. The Labute approximate surface area is 126 Å². The van der Waals surface area contributed by atoms with E-state index in [1.54, 1.807) is 0 Å². The summed E-state index contributed by atoms with van der Waals surface area (Å²) in [6.07, 6.45) is -0.229. The van der Waals surface area contributed by atoms with Crippen molar-refractivity contribution in [2.45, 2.75) is 24.9 Å². The summed E-state index contributed by atoms with van der Waals surface area (Å²) in [5.41, 5.74) is 5.26. The number of hydrogen-bond donors (Lipinski definition) is 5. The average Bonchev–Trinajstić information content (AvgIpc) is 2.40. The molecule has 120 valence electrons. The molecule has 0 rings (SSSR count). The van der Waals surface area contributed by atoms with Crippen molar-refractivity contribution < 1.29 is 29.4 Å². The molecule has 0 bridgehead atoms. The number of thiol groups is 1. The van der Waals surface area contributed by atoms with Crippen LogP contribution in [0.1, 0.15) is 12.8 Å². The average molecular weight is 321 g/mol. The Hall–Kier alpha value is -1.81. The molecule has 0 radical (unpaired) electrons. The minimum atomic E-state index is -1.22. The molecule has 0 aromatic rings. The highest BCUT2D eigenvalue weighted by atomic mass is 32.1. The van der Waals surface area contributed by atoms with E-state index < -0.39 is 42.4 Å². The lowest BCUT2D eigenvalue weighted by Crippen LogP contribution is -2.49.